The summed E-state index contributed by atoms with van der Waals surface area (Å²) in [6.07, 6.45) is 6.36. The van der Waals surface area contributed by atoms with Crippen molar-refractivity contribution in [3.8, 4) is 45.2 Å². The Balaban J connectivity index is 0.905. The van der Waals surface area contributed by atoms with Gasteiger partial charge in [-0.1, -0.05) is 121 Å². The molecule has 0 spiro atoms. The smallest absolute Gasteiger partial charge is 0.227 e. The van der Waals surface area contributed by atoms with Crippen molar-refractivity contribution >= 4 is 61.9 Å². The van der Waals surface area contributed by atoms with Crippen molar-refractivity contribution < 1.29 is 8.83 Å². The lowest BCUT2D eigenvalue weighted by Gasteiger charge is -2.26. The van der Waals surface area contributed by atoms with Crippen LogP contribution in [0.15, 0.2) is 252 Å². The third-order valence-corrected chi connectivity index (χ3v) is 12.3. The molecule has 0 fully saturated rings. The summed E-state index contributed by atoms with van der Waals surface area (Å²) >= 11 is 0. The summed E-state index contributed by atoms with van der Waals surface area (Å²) in [5.74, 6) is 1.20. The minimum atomic E-state index is 0.602. The molecule has 0 saturated heterocycles. The van der Waals surface area contributed by atoms with Crippen LogP contribution in [0.2, 0.25) is 0 Å². The lowest BCUT2D eigenvalue weighted by Crippen LogP contribution is -2.10. The molecule has 0 aliphatic rings. The molecule has 0 N–H and O–H groups in total. The molecule has 0 aliphatic heterocycles. The number of hydrogen-bond donors (Lipinski definition) is 0. The molecule has 0 saturated carbocycles. The lowest BCUT2D eigenvalue weighted by atomic mass is 10.0. The van der Waals surface area contributed by atoms with E-state index < -0.39 is 0 Å². The van der Waals surface area contributed by atoms with Gasteiger partial charge in [0.25, 0.3) is 0 Å². The largest absolute Gasteiger partial charge is 0.436 e. The van der Waals surface area contributed by atoms with Gasteiger partial charge in [0.05, 0.1) is 0 Å². The van der Waals surface area contributed by atoms with Crippen LogP contribution in [0.5, 0.6) is 0 Å². The van der Waals surface area contributed by atoms with Crippen LogP contribution in [0, 0.1) is 0 Å². The van der Waals surface area contributed by atoms with Crippen LogP contribution in [-0.4, -0.2) is 9.97 Å². The standard InChI is InChI=1S/C62H46N4O2/c1-3-12-43(4-2)45-19-31-51(32-20-45)65(55-39-27-49(28-40-55)61-63-57-15-8-10-17-59(57)67-61)53-35-23-47(24-36-53)48-25-37-54(38-26-48)66(52-33-21-46(22-34-52)44-13-6-5-7-14-44)56-41-29-50(30-42-56)62-64-58-16-9-11-18-60(58)68-62/h3-42H,1-2H3/b12-3-,43-4+. The first-order valence-corrected chi connectivity index (χ1v) is 22.9. The van der Waals surface area contributed by atoms with Crippen LogP contribution < -0.4 is 9.80 Å². The maximum atomic E-state index is 6.11. The molecule has 0 bridgehead atoms. The van der Waals surface area contributed by atoms with Crippen molar-refractivity contribution in [3.63, 3.8) is 0 Å². The van der Waals surface area contributed by atoms with Gasteiger partial charge in [0, 0.05) is 45.3 Å². The first-order chi connectivity index (χ1) is 33.6. The molecule has 11 aromatic rings. The Kier molecular flexibility index (Phi) is 11.3. The number of allylic oxidation sites excluding steroid dienone is 4. The van der Waals surface area contributed by atoms with Gasteiger partial charge in [0.1, 0.15) is 11.0 Å². The van der Waals surface area contributed by atoms with Crippen molar-refractivity contribution in [2.45, 2.75) is 13.8 Å². The molecule has 0 atom stereocenters. The molecule has 0 amide bonds. The number of benzene rings is 9. The predicted molar refractivity (Wildman–Crippen MR) is 281 cm³/mol. The maximum absolute atomic E-state index is 6.11. The van der Waals surface area contributed by atoms with Crippen LogP contribution in [0.25, 0.3) is 72.9 Å². The van der Waals surface area contributed by atoms with Gasteiger partial charge in [-0.05, 0) is 169 Å². The Labute approximate surface area is 396 Å². The number of aromatic nitrogens is 2. The average Bonchev–Trinajstić information content (AvgIpc) is 4.05. The highest BCUT2D eigenvalue weighted by Crippen LogP contribution is 2.40. The van der Waals surface area contributed by atoms with Crippen molar-refractivity contribution in [2.75, 3.05) is 9.80 Å². The average molecular weight is 879 g/mol. The van der Waals surface area contributed by atoms with E-state index in [1.165, 1.54) is 22.3 Å². The second-order valence-electron chi connectivity index (χ2n) is 16.5. The maximum Gasteiger partial charge on any atom is 0.227 e. The summed E-state index contributed by atoms with van der Waals surface area (Å²) in [6.45, 7) is 4.12. The highest BCUT2D eigenvalue weighted by molar-refractivity contribution is 5.85. The van der Waals surface area contributed by atoms with E-state index in [1.807, 2.05) is 61.5 Å². The zero-order valence-corrected chi connectivity index (χ0v) is 37.7. The summed E-state index contributed by atoms with van der Waals surface area (Å²) < 4.78 is 12.2. The van der Waals surface area contributed by atoms with Crippen molar-refractivity contribution in [1.29, 1.82) is 0 Å². The van der Waals surface area contributed by atoms with Crippen LogP contribution in [0.4, 0.5) is 34.1 Å². The number of rotatable bonds is 12. The predicted octanol–water partition coefficient (Wildman–Crippen LogP) is 17.6. The molecule has 6 heteroatoms. The molecule has 2 heterocycles. The minimum absolute atomic E-state index is 0.602. The second-order valence-corrected chi connectivity index (χ2v) is 16.5. The van der Waals surface area contributed by atoms with Gasteiger partial charge in [0.15, 0.2) is 11.2 Å². The SMILES string of the molecule is C/C=C\C(=C/C)c1ccc(N(c2ccc(-c3ccc(N(c4ccc(-c5ccccc5)cc4)c4ccc(-c5nc6ccccc6o5)cc4)cc3)cc2)c2ccc(-c3nc4ccccc4o3)cc2)cc1. The third kappa shape index (κ3) is 8.39. The van der Waals surface area contributed by atoms with E-state index in [0.29, 0.717) is 11.8 Å². The Bertz CT molecular complexity index is 3470. The molecular formula is C62H46N4O2. The van der Waals surface area contributed by atoms with Crippen LogP contribution in [0.3, 0.4) is 0 Å². The number of para-hydroxylation sites is 4. The number of hydrogen-bond acceptors (Lipinski definition) is 6. The summed E-state index contributed by atoms with van der Waals surface area (Å²) in [6, 6.07) is 78.1. The van der Waals surface area contributed by atoms with Gasteiger partial charge in [-0.2, -0.15) is 0 Å². The molecule has 6 nitrogen and oxygen atoms in total. The first kappa shape index (κ1) is 41.7. The fourth-order valence-electron chi connectivity index (χ4n) is 8.77. The van der Waals surface area contributed by atoms with Crippen molar-refractivity contribution in [1.82, 2.24) is 9.97 Å². The summed E-state index contributed by atoms with van der Waals surface area (Å²) in [4.78, 5) is 14.1. The van der Waals surface area contributed by atoms with Gasteiger partial charge < -0.3 is 18.6 Å². The van der Waals surface area contributed by atoms with E-state index in [9.17, 15) is 0 Å². The van der Waals surface area contributed by atoms with E-state index in [0.717, 1.165) is 78.6 Å². The Morgan fingerprint density at radius 3 is 1.03 bits per heavy atom. The number of nitrogens with zero attached hydrogens (tertiary/aromatic N) is 4. The molecule has 9 aromatic carbocycles. The molecule has 0 radical (unpaired) electrons. The van der Waals surface area contributed by atoms with E-state index >= 15 is 0 Å². The van der Waals surface area contributed by atoms with Gasteiger partial charge in [-0.25, -0.2) is 9.97 Å². The molecule has 11 rings (SSSR count). The molecule has 0 unspecified atom stereocenters. The molecule has 68 heavy (non-hydrogen) atoms. The van der Waals surface area contributed by atoms with Crippen LogP contribution >= 0.6 is 0 Å². The van der Waals surface area contributed by atoms with Gasteiger partial charge in [-0.15, -0.1) is 0 Å². The Morgan fingerprint density at radius 2 is 0.676 bits per heavy atom. The van der Waals surface area contributed by atoms with E-state index in [-0.39, 0.29) is 0 Å². The Morgan fingerprint density at radius 1 is 0.353 bits per heavy atom. The van der Waals surface area contributed by atoms with E-state index in [4.69, 9.17) is 18.8 Å². The lowest BCUT2D eigenvalue weighted by molar-refractivity contribution is 0.619. The van der Waals surface area contributed by atoms with Gasteiger partial charge in [-0.3, -0.25) is 0 Å². The summed E-state index contributed by atoms with van der Waals surface area (Å²) in [7, 11) is 0. The number of anilines is 6. The number of fused-ring (bicyclic) bond motifs is 2. The minimum Gasteiger partial charge on any atom is -0.436 e. The highest BCUT2D eigenvalue weighted by atomic mass is 16.4. The van der Waals surface area contributed by atoms with Gasteiger partial charge >= 0.3 is 0 Å². The first-order valence-electron chi connectivity index (χ1n) is 22.9. The zero-order chi connectivity index (χ0) is 45.8. The zero-order valence-electron chi connectivity index (χ0n) is 37.7. The normalized spacial score (nSPS) is 11.7. The fraction of sp³-hybridized carbons (Fsp3) is 0.0323. The quantitative estimate of drug-likeness (QED) is 0.114. The van der Waals surface area contributed by atoms with Crippen molar-refractivity contribution in [3.05, 3.63) is 248 Å². The van der Waals surface area contributed by atoms with Crippen LogP contribution in [0.1, 0.15) is 19.4 Å². The van der Waals surface area contributed by atoms with E-state index in [2.05, 4.69) is 205 Å². The molecule has 0 aliphatic carbocycles. The highest BCUT2D eigenvalue weighted by Gasteiger charge is 2.18. The topological polar surface area (TPSA) is 58.5 Å². The van der Waals surface area contributed by atoms with Crippen LogP contribution in [-0.2, 0) is 0 Å². The monoisotopic (exact) mass is 878 g/mol. The molecule has 2 aromatic heterocycles. The van der Waals surface area contributed by atoms with Gasteiger partial charge in [0.2, 0.25) is 11.8 Å². The second kappa shape index (κ2) is 18.5. The Hall–Kier alpha value is -9.00. The number of oxazole rings is 2. The fourth-order valence-corrected chi connectivity index (χ4v) is 8.77. The summed E-state index contributed by atoms with van der Waals surface area (Å²) in [5.41, 5.74) is 18.2. The molecule has 326 valence electrons. The van der Waals surface area contributed by atoms with E-state index in [1.54, 1.807) is 0 Å². The van der Waals surface area contributed by atoms with Crippen molar-refractivity contribution in [2.24, 2.45) is 0 Å². The summed E-state index contributed by atoms with van der Waals surface area (Å²) in [5, 5.41) is 0. The molecular weight excluding hydrogens is 833 g/mol. The third-order valence-electron chi connectivity index (χ3n) is 12.3.